The number of nitrogens with one attached hydrogen (secondary N) is 2. The molecule has 46 valence electrons. The summed E-state index contributed by atoms with van der Waals surface area (Å²) in [6.45, 7) is 0.738. The summed E-state index contributed by atoms with van der Waals surface area (Å²) in [5.74, 6) is 0.532. The third kappa shape index (κ3) is 0.894. The molecule has 4 N–H and O–H groups in total. The molecule has 1 heterocycles. The fourth-order valence-corrected chi connectivity index (χ4v) is 0.623. The molecule has 1 rings (SSSR count). The van der Waals surface area contributed by atoms with Gasteiger partial charge in [0.15, 0.2) is 5.96 Å². The Morgan fingerprint density at radius 1 is 2.00 bits per heavy atom. The van der Waals surface area contributed by atoms with Crippen molar-refractivity contribution < 1.29 is 0 Å². The van der Waals surface area contributed by atoms with Crippen molar-refractivity contribution in [1.29, 1.82) is 0 Å². The second-order valence-electron chi connectivity index (χ2n) is 1.71. The molecule has 0 saturated heterocycles. The molecule has 4 nitrogen and oxygen atoms in total. The van der Waals surface area contributed by atoms with E-state index in [4.69, 9.17) is 5.73 Å². The van der Waals surface area contributed by atoms with E-state index in [2.05, 4.69) is 15.6 Å². The molecule has 4 heteroatoms. The van der Waals surface area contributed by atoms with Gasteiger partial charge in [0.1, 0.15) is 0 Å². The molecule has 0 radical (unpaired) electrons. The molecule has 8 heavy (non-hydrogen) atoms. The van der Waals surface area contributed by atoms with E-state index >= 15 is 0 Å². The molecular formula is C4H10N4. The van der Waals surface area contributed by atoms with Crippen molar-refractivity contribution in [2.45, 2.75) is 6.17 Å². The molecular weight excluding hydrogens is 104 g/mol. The number of hydrogen-bond acceptors (Lipinski definition) is 4. The Morgan fingerprint density at radius 3 is 3.00 bits per heavy atom. The summed E-state index contributed by atoms with van der Waals surface area (Å²) >= 11 is 0. The average molecular weight is 114 g/mol. The average Bonchev–Trinajstić information content (AvgIpc) is 2.14. The van der Waals surface area contributed by atoms with Crippen LogP contribution in [0.3, 0.4) is 0 Å². The predicted molar refractivity (Wildman–Crippen MR) is 32.5 cm³/mol. The van der Waals surface area contributed by atoms with E-state index in [1.807, 2.05) is 7.05 Å². The van der Waals surface area contributed by atoms with Crippen molar-refractivity contribution in [3.63, 3.8) is 0 Å². The van der Waals surface area contributed by atoms with Crippen LogP contribution in [0.4, 0.5) is 0 Å². The van der Waals surface area contributed by atoms with Gasteiger partial charge < -0.3 is 11.1 Å². The molecule has 0 aromatic heterocycles. The van der Waals surface area contributed by atoms with Gasteiger partial charge in [0.05, 0.1) is 12.7 Å². The Hall–Kier alpha value is -0.770. The van der Waals surface area contributed by atoms with Crippen LogP contribution in [0.2, 0.25) is 0 Å². The molecule has 0 bridgehead atoms. The molecule has 1 aliphatic rings. The van der Waals surface area contributed by atoms with E-state index in [0.717, 1.165) is 6.54 Å². The standard InChI is InChI=1S/C4H10N4/c1-6-3-2-7-4(5)8-3/h3,6H,2H2,1H3,(H3,5,7,8). The van der Waals surface area contributed by atoms with Crippen LogP contribution in [0.25, 0.3) is 0 Å². The fraction of sp³-hybridized carbons (Fsp3) is 0.750. The summed E-state index contributed by atoms with van der Waals surface area (Å²) in [5, 5.41) is 5.91. The first kappa shape index (κ1) is 5.37. The monoisotopic (exact) mass is 114 g/mol. The molecule has 0 fully saturated rings. The SMILES string of the molecule is CNC1CN=C(N)N1. The highest BCUT2D eigenvalue weighted by Crippen LogP contribution is 1.85. The Kier molecular flexibility index (Phi) is 1.34. The lowest BCUT2D eigenvalue weighted by Crippen LogP contribution is -2.42. The Labute approximate surface area is 48.2 Å². The minimum atomic E-state index is 0.245. The van der Waals surface area contributed by atoms with Gasteiger partial charge in [-0.05, 0) is 7.05 Å². The van der Waals surface area contributed by atoms with Crippen LogP contribution in [0.15, 0.2) is 4.99 Å². The number of guanidine groups is 1. The van der Waals surface area contributed by atoms with E-state index in [1.54, 1.807) is 0 Å². The highest BCUT2D eigenvalue weighted by molar-refractivity contribution is 5.79. The molecule has 0 spiro atoms. The second kappa shape index (κ2) is 2.00. The van der Waals surface area contributed by atoms with E-state index in [0.29, 0.717) is 5.96 Å². The van der Waals surface area contributed by atoms with Gasteiger partial charge in [-0.3, -0.25) is 5.32 Å². The highest BCUT2D eigenvalue weighted by Gasteiger charge is 2.10. The normalized spacial score (nSPS) is 27.1. The summed E-state index contributed by atoms with van der Waals surface area (Å²) in [4.78, 5) is 3.91. The van der Waals surface area contributed by atoms with Crippen molar-refractivity contribution >= 4 is 5.96 Å². The van der Waals surface area contributed by atoms with Gasteiger partial charge in [0.25, 0.3) is 0 Å². The van der Waals surface area contributed by atoms with Crippen LogP contribution in [-0.2, 0) is 0 Å². The maximum atomic E-state index is 5.30. The second-order valence-corrected chi connectivity index (χ2v) is 1.71. The zero-order chi connectivity index (χ0) is 5.98. The summed E-state index contributed by atoms with van der Waals surface area (Å²) in [6, 6.07) is 0. The minimum Gasteiger partial charge on any atom is -0.370 e. The highest BCUT2D eigenvalue weighted by atomic mass is 15.3. The molecule has 1 unspecified atom stereocenters. The van der Waals surface area contributed by atoms with Crippen LogP contribution in [-0.4, -0.2) is 25.7 Å². The molecule has 0 aromatic rings. The summed E-state index contributed by atoms with van der Waals surface area (Å²) in [5.41, 5.74) is 5.30. The van der Waals surface area contributed by atoms with E-state index in [1.165, 1.54) is 0 Å². The fourth-order valence-electron chi connectivity index (χ4n) is 0.623. The van der Waals surface area contributed by atoms with Crippen LogP contribution >= 0.6 is 0 Å². The maximum absolute atomic E-state index is 5.30. The number of rotatable bonds is 1. The van der Waals surface area contributed by atoms with Gasteiger partial charge in [-0.2, -0.15) is 0 Å². The van der Waals surface area contributed by atoms with Gasteiger partial charge in [-0.1, -0.05) is 0 Å². The molecule has 0 saturated carbocycles. The van der Waals surface area contributed by atoms with Crippen LogP contribution in [0.5, 0.6) is 0 Å². The lowest BCUT2D eigenvalue weighted by Gasteiger charge is -2.06. The van der Waals surface area contributed by atoms with Crippen LogP contribution in [0, 0.1) is 0 Å². The van der Waals surface area contributed by atoms with Crippen molar-refractivity contribution in [3.8, 4) is 0 Å². The van der Waals surface area contributed by atoms with Gasteiger partial charge in [0, 0.05) is 0 Å². The lowest BCUT2D eigenvalue weighted by molar-refractivity contribution is 0.572. The number of nitrogens with zero attached hydrogens (tertiary/aromatic N) is 1. The summed E-state index contributed by atoms with van der Waals surface area (Å²) in [7, 11) is 1.87. The summed E-state index contributed by atoms with van der Waals surface area (Å²) < 4.78 is 0. The number of likely N-dealkylation sites (N-methyl/N-ethyl adjacent to an activating group) is 1. The first-order chi connectivity index (χ1) is 3.83. The minimum absolute atomic E-state index is 0.245. The van der Waals surface area contributed by atoms with Gasteiger partial charge >= 0.3 is 0 Å². The van der Waals surface area contributed by atoms with Crippen molar-refractivity contribution in [1.82, 2.24) is 10.6 Å². The number of aliphatic imine (C=N–C) groups is 1. The Bertz CT molecular complexity index is 109. The Balaban J connectivity index is 2.32. The first-order valence-corrected chi connectivity index (χ1v) is 2.56. The van der Waals surface area contributed by atoms with Crippen molar-refractivity contribution in [3.05, 3.63) is 0 Å². The molecule has 0 aromatic carbocycles. The first-order valence-electron chi connectivity index (χ1n) is 2.56. The van der Waals surface area contributed by atoms with Gasteiger partial charge in [-0.25, -0.2) is 4.99 Å². The van der Waals surface area contributed by atoms with Gasteiger partial charge in [0.2, 0.25) is 0 Å². The van der Waals surface area contributed by atoms with Gasteiger partial charge in [-0.15, -0.1) is 0 Å². The Morgan fingerprint density at radius 2 is 2.75 bits per heavy atom. The maximum Gasteiger partial charge on any atom is 0.190 e. The predicted octanol–water partition coefficient (Wildman–Crippen LogP) is -1.55. The lowest BCUT2D eigenvalue weighted by atomic mass is 10.5. The van der Waals surface area contributed by atoms with Crippen molar-refractivity contribution in [2.24, 2.45) is 10.7 Å². The molecule has 0 amide bonds. The van der Waals surface area contributed by atoms with Crippen LogP contribution in [0.1, 0.15) is 0 Å². The van der Waals surface area contributed by atoms with E-state index in [-0.39, 0.29) is 6.17 Å². The number of nitrogens with two attached hydrogens (primary N) is 1. The topological polar surface area (TPSA) is 62.4 Å². The van der Waals surface area contributed by atoms with Crippen molar-refractivity contribution in [2.75, 3.05) is 13.6 Å². The third-order valence-corrected chi connectivity index (χ3v) is 1.11. The van der Waals surface area contributed by atoms with E-state index in [9.17, 15) is 0 Å². The quantitative estimate of drug-likeness (QED) is 0.387. The smallest absolute Gasteiger partial charge is 0.190 e. The number of hydrogen-bond donors (Lipinski definition) is 3. The molecule has 0 aliphatic carbocycles. The summed E-state index contributed by atoms with van der Waals surface area (Å²) in [6.07, 6.45) is 0.245. The largest absolute Gasteiger partial charge is 0.370 e. The molecule has 1 atom stereocenters. The zero-order valence-corrected chi connectivity index (χ0v) is 4.81. The zero-order valence-electron chi connectivity index (χ0n) is 4.81. The molecule has 1 aliphatic heterocycles. The third-order valence-electron chi connectivity index (χ3n) is 1.11. The van der Waals surface area contributed by atoms with Crippen LogP contribution < -0.4 is 16.4 Å². The van der Waals surface area contributed by atoms with E-state index < -0.39 is 0 Å².